The van der Waals surface area contributed by atoms with Gasteiger partial charge in [-0.3, -0.25) is 19.4 Å². The lowest BCUT2D eigenvalue weighted by atomic mass is 10.0. The number of rotatable bonds is 8. The van der Waals surface area contributed by atoms with Crippen molar-refractivity contribution in [3.05, 3.63) is 90.4 Å². The van der Waals surface area contributed by atoms with Gasteiger partial charge in [-0.05, 0) is 42.3 Å². The van der Waals surface area contributed by atoms with E-state index in [9.17, 15) is 18.6 Å². The van der Waals surface area contributed by atoms with Gasteiger partial charge >= 0.3 is 11.7 Å². The molecule has 3 heterocycles. The zero-order valence-corrected chi connectivity index (χ0v) is 22.1. The molecular weight excluding hydrogens is 514 g/mol. The Morgan fingerprint density at radius 2 is 1.82 bits per heavy atom. The SMILES string of the molecule is C[C@@H](NC(=O)[C@@H]1C[C@@H]([S+]=O)CN1C(=O)CNC(=O)c1ccc(-c2ccccc2)cc1)c1cc2cnccc2[nH]1. The first-order valence-corrected chi connectivity index (χ1v) is 13.5. The fourth-order valence-electron chi connectivity index (χ4n) is 4.81. The summed E-state index contributed by atoms with van der Waals surface area (Å²) in [7, 11) is 0. The van der Waals surface area contributed by atoms with Crippen LogP contribution in [0.4, 0.5) is 0 Å². The molecule has 4 aromatic rings. The third-order valence-corrected chi connectivity index (χ3v) is 7.56. The molecule has 1 aliphatic heterocycles. The molecule has 1 saturated heterocycles. The first-order valence-electron chi connectivity index (χ1n) is 12.7. The summed E-state index contributed by atoms with van der Waals surface area (Å²) in [5, 5.41) is 6.13. The van der Waals surface area contributed by atoms with Gasteiger partial charge in [0.2, 0.25) is 11.8 Å². The van der Waals surface area contributed by atoms with Crippen molar-refractivity contribution >= 4 is 40.3 Å². The minimum atomic E-state index is -0.792. The summed E-state index contributed by atoms with van der Waals surface area (Å²) in [4.78, 5) is 47.7. The number of amides is 3. The number of hydrogen-bond acceptors (Lipinski definition) is 5. The molecule has 0 bridgehead atoms. The molecule has 3 amide bonds. The Morgan fingerprint density at radius 1 is 1.08 bits per heavy atom. The second kappa shape index (κ2) is 11.5. The van der Waals surface area contributed by atoms with Gasteiger partial charge in [-0.2, -0.15) is 0 Å². The number of benzene rings is 2. The van der Waals surface area contributed by atoms with Crippen LogP contribution in [0.1, 0.15) is 35.4 Å². The fraction of sp³-hybridized carbons (Fsp3) is 0.241. The molecule has 2 aromatic carbocycles. The van der Waals surface area contributed by atoms with Crippen LogP contribution in [0.25, 0.3) is 22.0 Å². The molecular formula is C29H28N5O4S+. The standard InChI is InChI=1S/C29H27N5O4S/c1-18(25-13-22-15-30-12-11-24(22)33-25)32-29(37)26-14-23(39-38)17-34(26)27(35)16-31-28(36)21-9-7-20(8-10-21)19-5-3-2-4-6-19/h2-13,15,18,23,26H,14,16-17H2,1H3,(H2-,30,31,32,33,36,37)/p+1/t18-,23-,26+/m1/s1. The third-order valence-electron chi connectivity index (χ3n) is 6.94. The molecule has 5 rings (SSSR count). The number of pyridine rings is 1. The summed E-state index contributed by atoms with van der Waals surface area (Å²) in [5.74, 6) is -1.14. The van der Waals surface area contributed by atoms with Crippen molar-refractivity contribution in [1.29, 1.82) is 0 Å². The van der Waals surface area contributed by atoms with E-state index in [-0.39, 0.29) is 37.4 Å². The average Bonchev–Trinajstić information content (AvgIpc) is 3.61. The second-order valence-electron chi connectivity index (χ2n) is 9.56. The van der Waals surface area contributed by atoms with Crippen molar-refractivity contribution in [1.82, 2.24) is 25.5 Å². The number of H-pyrrole nitrogens is 1. The quantitative estimate of drug-likeness (QED) is 0.295. The number of nitrogens with one attached hydrogen (secondary N) is 3. The van der Waals surface area contributed by atoms with Crippen molar-refractivity contribution in [3.8, 4) is 11.1 Å². The summed E-state index contributed by atoms with van der Waals surface area (Å²) < 4.78 is 11.6. The highest BCUT2D eigenvalue weighted by Crippen LogP contribution is 2.23. The number of carbonyl (C=O) groups excluding carboxylic acids is 3. The Hall–Kier alpha value is -4.44. The second-order valence-corrected chi connectivity index (χ2v) is 10.4. The van der Waals surface area contributed by atoms with E-state index in [2.05, 4.69) is 20.6 Å². The number of carbonyl (C=O) groups is 3. The molecule has 0 aliphatic carbocycles. The molecule has 0 unspecified atom stereocenters. The van der Waals surface area contributed by atoms with E-state index in [0.717, 1.165) is 27.7 Å². The van der Waals surface area contributed by atoms with Gasteiger partial charge in [0.15, 0.2) is 0 Å². The molecule has 0 radical (unpaired) electrons. The van der Waals surface area contributed by atoms with E-state index in [4.69, 9.17) is 0 Å². The molecule has 3 N–H and O–H groups in total. The lowest BCUT2D eigenvalue weighted by Crippen LogP contribution is -2.49. The predicted molar refractivity (Wildman–Crippen MR) is 149 cm³/mol. The van der Waals surface area contributed by atoms with Gasteiger partial charge in [-0.1, -0.05) is 42.5 Å². The van der Waals surface area contributed by atoms with Crippen LogP contribution in [-0.2, 0) is 25.5 Å². The number of likely N-dealkylation sites (tertiary alicyclic amines) is 1. The third kappa shape index (κ3) is 5.85. The molecule has 3 atom stereocenters. The van der Waals surface area contributed by atoms with Crippen LogP contribution in [-0.4, -0.2) is 57.0 Å². The molecule has 198 valence electrons. The van der Waals surface area contributed by atoms with Gasteiger partial charge in [-0.25, -0.2) is 0 Å². The summed E-state index contributed by atoms with van der Waals surface area (Å²) in [6.45, 7) is 1.73. The Kier molecular flexibility index (Phi) is 7.74. The topological polar surface area (TPSA) is 124 Å². The van der Waals surface area contributed by atoms with Crippen LogP contribution in [0.15, 0.2) is 79.1 Å². The fourth-order valence-corrected chi connectivity index (χ4v) is 5.29. The van der Waals surface area contributed by atoms with Gasteiger partial charge in [-0.15, -0.1) is 0 Å². The number of aromatic nitrogens is 2. The van der Waals surface area contributed by atoms with Gasteiger partial charge in [0.05, 0.1) is 19.1 Å². The predicted octanol–water partition coefficient (Wildman–Crippen LogP) is 3.23. The van der Waals surface area contributed by atoms with Crippen LogP contribution in [0.3, 0.4) is 0 Å². The first kappa shape index (κ1) is 26.2. The highest BCUT2D eigenvalue weighted by Gasteiger charge is 2.45. The Balaban J connectivity index is 1.20. The van der Waals surface area contributed by atoms with Crippen molar-refractivity contribution in [2.75, 3.05) is 13.1 Å². The summed E-state index contributed by atoms with van der Waals surface area (Å²) in [6, 6.07) is 19.6. The molecule has 0 spiro atoms. The largest absolute Gasteiger partial charge is 0.464 e. The van der Waals surface area contributed by atoms with Gasteiger partial charge in [0.25, 0.3) is 11.2 Å². The normalized spacial score (nSPS) is 17.5. The van der Waals surface area contributed by atoms with Crippen LogP contribution in [0.5, 0.6) is 0 Å². The summed E-state index contributed by atoms with van der Waals surface area (Å²) >= 11 is 0.389. The van der Waals surface area contributed by atoms with Crippen LogP contribution in [0.2, 0.25) is 0 Å². The Morgan fingerprint density at radius 3 is 2.54 bits per heavy atom. The number of fused-ring (bicyclic) bond motifs is 1. The lowest BCUT2D eigenvalue weighted by Gasteiger charge is -2.24. The van der Waals surface area contributed by atoms with Crippen LogP contribution in [0, 0.1) is 0 Å². The maximum absolute atomic E-state index is 13.2. The van der Waals surface area contributed by atoms with Crippen LogP contribution >= 0.6 is 0 Å². The molecule has 1 fully saturated rings. The lowest BCUT2D eigenvalue weighted by molar-refractivity contribution is -0.137. The highest BCUT2D eigenvalue weighted by atomic mass is 32.1. The number of hydrogen-bond donors (Lipinski definition) is 3. The van der Waals surface area contributed by atoms with Gasteiger partial charge < -0.3 is 20.5 Å². The van der Waals surface area contributed by atoms with E-state index in [1.807, 2.05) is 61.5 Å². The zero-order chi connectivity index (χ0) is 27.4. The molecule has 39 heavy (non-hydrogen) atoms. The minimum Gasteiger partial charge on any atom is -0.357 e. The van der Waals surface area contributed by atoms with E-state index in [1.54, 1.807) is 24.5 Å². The van der Waals surface area contributed by atoms with E-state index in [0.29, 0.717) is 17.2 Å². The minimum absolute atomic E-state index is 0.152. The van der Waals surface area contributed by atoms with Gasteiger partial charge in [0.1, 0.15) is 6.04 Å². The first-order chi connectivity index (χ1) is 18.9. The van der Waals surface area contributed by atoms with E-state index >= 15 is 0 Å². The van der Waals surface area contributed by atoms with Crippen molar-refractivity contribution < 1.29 is 18.6 Å². The molecule has 2 aromatic heterocycles. The summed E-state index contributed by atoms with van der Waals surface area (Å²) in [5.41, 5.74) is 4.16. The Labute approximate surface area is 229 Å². The maximum atomic E-state index is 13.2. The zero-order valence-electron chi connectivity index (χ0n) is 21.3. The molecule has 0 saturated carbocycles. The monoisotopic (exact) mass is 542 g/mol. The summed E-state index contributed by atoms with van der Waals surface area (Å²) in [6.07, 6.45) is 3.68. The number of aromatic amines is 1. The van der Waals surface area contributed by atoms with Crippen molar-refractivity contribution in [2.45, 2.75) is 30.7 Å². The number of nitrogens with zero attached hydrogens (tertiary/aromatic N) is 2. The van der Waals surface area contributed by atoms with Gasteiger partial charge in [0, 0.05) is 45.2 Å². The van der Waals surface area contributed by atoms with Crippen molar-refractivity contribution in [3.63, 3.8) is 0 Å². The molecule has 9 nitrogen and oxygen atoms in total. The van der Waals surface area contributed by atoms with E-state index < -0.39 is 17.2 Å². The molecule has 1 aliphatic rings. The Bertz CT molecular complexity index is 1470. The van der Waals surface area contributed by atoms with Crippen molar-refractivity contribution in [2.24, 2.45) is 0 Å². The smallest absolute Gasteiger partial charge is 0.357 e. The molecule has 10 heteroatoms. The van der Waals surface area contributed by atoms with Crippen LogP contribution < -0.4 is 10.6 Å². The highest BCUT2D eigenvalue weighted by molar-refractivity contribution is 7.66. The maximum Gasteiger partial charge on any atom is 0.464 e. The van der Waals surface area contributed by atoms with E-state index in [1.165, 1.54) is 4.90 Å². The average molecular weight is 543 g/mol.